The van der Waals surface area contributed by atoms with Gasteiger partial charge in [0.2, 0.25) is 0 Å². The van der Waals surface area contributed by atoms with Crippen LogP contribution >= 0.6 is 0 Å². The first kappa shape index (κ1) is 11.3. The Morgan fingerprint density at radius 1 is 1.00 bits per heavy atom. The van der Waals surface area contributed by atoms with Crippen LogP contribution in [-0.2, 0) is 6.42 Å². The van der Waals surface area contributed by atoms with Gasteiger partial charge in [0.1, 0.15) is 6.29 Å². The largest absolute Gasteiger partial charge is 0.298 e. The third kappa shape index (κ3) is 2.88. The molecule has 0 aliphatic carbocycles. The third-order valence-corrected chi connectivity index (χ3v) is 2.55. The number of ketones is 1. The summed E-state index contributed by atoms with van der Waals surface area (Å²) in [6.45, 7) is 0. The molecule has 0 aliphatic rings. The Bertz CT molecular complexity index is 530. The van der Waals surface area contributed by atoms with Crippen LogP contribution < -0.4 is 0 Å². The zero-order valence-corrected chi connectivity index (χ0v) is 9.30. The van der Waals surface area contributed by atoms with Crippen LogP contribution in [0.4, 0.5) is 0 Å². The molecule has 0 aromatic heterocycles. The molecule has 0 N–H and O–H groups in total. The van der Waals surface area contributed by atoms with E-state index in [-0.39, 0.29) is 5.78 Å². The molecule has 2 aromatic carbocycles. The first-order chi connectivity index (χ1) is 8.29. The van der Waals surface area contributed by atoms with Crippen molar-refractivity contribution in [3.05, 3.63) is 71.3 Å². The van der Waals surface area contributed by atoms with Crippen LogP contribution in [0.15, 0.2) is 54.6 Å². The lowest BCUT2D eigenvalue weighted by Gasteiger charge is -2.02. The summed E-state index contributed by atoms with van der Waals surface area (Å²) in [7, 11) is 0. The lowest BCUT2D eigenvalue weighted by Crippen LogP contribution is -2.03. The SMILES string of the molecule is O=Cc1cccc(C(=O)Cc2ccccc2)c1. The highest BCUT2D eigenvalue weighted by Crippen LogP contribution is 2.09. The summed E-state index contributed by atoms with van der Waals surface area (Å²) >= 11 is 0. The van der Waals surface area contributed by atoms with Gasteiger partial charge in [-0.1, -0.05) is 48.5 Å². The molecular weight excluding hydrogens is 212 g/mol. The summed E-state index contributed by atoms with van der Waals surface area (Å²) in [5.74, 6) is 0.0277. The van der Waals surface area contributed by atoms with Crippen LogP contribution in [0.1, 0.15) is 26.3 Å². The molecule has 0 saturated carbocycles. The number of hydrogen-bond donors (Lipinski definition) is 0. The van der Waals surface area contributed by atoms with Gasteiger partial charge < -0.3 is 0 Å². The number of carbonyl (C=O) groups is 2. The van der Waals surface area contributed by atoms with Crippen molar-refractivity contribution in [3.63, 3.8) is 0 Å². The van der Waals surface area contributed by atoms with Crippen molar-refractivity contribution in [1.82, 2.24) is 0 Å². The fraction of sp³-hybridized carbons (Fsp3) is 0.0667. The van der Waals surface area contributed by atoms with Crippen LogP contribution in [0.3, 0.4) is 0 Å². The third-order valence-electron chi connectivity index (χ3n) is 2.55. The minimum absolute atomic E-state index is 0.0277. The zero-order chi connectivity index (χ0) is 12.1. The number of rotatable bonds is 4. The Kier molecular flexibility index (Phi) is 3.46. The van der Waals surface area contributed by atoms with E-state index in [0.29, 0.717) is 17.5 Å². The van der Waals surface area contributed by atoms with Crippen molar-refractivity contribution in [3.8, 4) is 0 Å². The van der Waals surface area contributed by atoms with Gasteiger partial charge in [0.25, 0.3) is 0 Å². The standard InChI is InChI=1S/C15H12O2/c16-11-13-7-4-8-14(9-13)15(17)10-12-5-2-1-3-6-12/h1-9,11H,10H2. The molecule has 0 bridgehead atoms. The van der Waals surface area contributed by atoms with Crippen molar-refractivity contribution < 1.29 is 9.59 Å². The molecule has 2 heteroatoms. The highest BCUT2D eigenvalue weighted by Gasteiger charge is 2.07. The molecule has 2 aromatic rings. The summed E-state index contributed by atoms with van der Waals surface area (Å²) in [4.78, 5) is 22.6. The molecule has 0 fully saturated rings. The second-order valence-corrected chi connectivity index (χ2v) is 3.83. The molecule has 17 heavy (non-hydrogen) atoms. The Balaban J connectivity index is 2.17. The Morgan fingerprint density at radius 3 is 2.47 bits per heavy atom. The van der Waals surface area contributed by atoms with Crippen molar-refractivity contribution in [1.29, 1.82) is 0 Å². The Morgan fingerprint density at radius 2 is 1.76 bits per heavy atom. The molecule has 0 atom stereocenters. The maximum Gasteiger partial charge on any atom is 0.167 e. The van der Waals surface area contributed by atoms with E-state index in [0.717, 1.165) is 11.8 Å². The fourth-order valence-electron chi connectivity index (χ4n) is 1.67. The monoisotopic (exact) mass is 224 g/mol. The van der Waals surface area contributed by atoms with Crippen LogP contribution in [0.5, 0.6) is 0 Å². The van der Waals surface area contributed by atoms with Gasteiger partial charge in [0, 0.05) is 17.5 Å². The zero-order valence-electron chi connectivity index (χ0n) is 9.30. The maximum absolute atomic E-state index is 12.0. The fourth-order valence-corrected chi connectivity index (χ4v) is 1.67. The van der Waals surface area contributed by atoms with Gasteiger partial charge in [0.05, 0.1) is 0 Å². The van der Waals surface area contributed by atoms with E-state index < -0.39 is 0 Å². The first-order valence-electron chi connectivity index (χ1n) is 5.42. The lowest BCUT2D eigenvalue weighted by atomic mass is 10.0. The molecule has 0 amide bonds. The summed E-state index contributed by atoms with van der Waals surface area (Å²) in [6, 6.07) is 16.3. The molecule has 0 spiro atoms. The number of aldehydes is 1. The number of Topliss-reactive ketones (excluding diaryl/α,β-unsaturated/α-hetero) is 1. The molecule has 0 heterocycles. The van der Waals surface area contributed by atoms with E-state index in [4.69, 9.17) is 0 Å². The minimum Gasteiger partial charge on any atom is -0.298 e. The molecule has 2 nitrogen and oxygen atoms in total. The molecule has 0 saturated heterocycles. The summed E-state index contributed by atoms with van der Waals surface area (Å²) in [5.41, 5.74) is 2.09. The van der Waals surface area contributed by atoms with E-state index in [1.165, 1.54) is 0 Å². The Hall–Kier alpha value is -2.22. The van der Waals surface area contributed by atoms with Crippen LogP contribution in [0.2, 0.25) is 0 Å². The van der Waals surface area contributed by atoms with Crippen LogP contribution in [-0.4, -0.2) is 12.1 Å². The second kappa shape index (κ2) is 5.21. The predicted octanol–water partition coefficient (Wildman–Crippen LogP) is 2.92. The number of carbonyl (C=O) groups excluding carboxylic acids is 2. The van der Waals surface area contributed by atoms with Gasteiger partial charge in [-0.05, 0) is 11.6 Å². The molecule has 0 radical (unpaired) electrons. The average Bonchev–Trinajstić information content (AvgIpc) is 2.40. The highest BCUT2D eigenvalue weighted by atomic mass is 16.1. The first-order valence-corrected chi connectivity index (χ1v) is 5.42. The van der Waals surface area contributed by atoms with E-state index in [2.05, 4.69) is 0 Å². The van der Waals surface area contributed by atoms with Crippen LogP contribution in [0, 0.1) is 0 Å². The average molecular weight is 224 g/mol. The van der Waals surface area contributed by atoms with Crippen molar-refractivity contribution in [2.24, 2.45) is 0 Å². The number of hydrogen-bond acceptors (Lipinski definition) is 2. The predicted molar refractivity (Wildman–Crippen MR) is 66.3 cm³/mol. The highest BCUT2D eigenvalue weighted by molar-refractivity contribution is 5.98. The van der Waals surface area contributed by atoms with Gasteiger partial charge in [-0.3, -0.25) is 9.59 Å². The van der Waals surface area contributed by atoms with E-state index >= 15 is 0 Å². The van der Waals surface area contributed by atoms with Crippen LogP contribution in [0.25, 0.3) is 0 Å². The van der Waals surface area contributed by atoms with Gasteiger partial charge in [-0.2, -0.15) is 0 Å². The maximum atomic E-state index is 12.0. The second-order valence-electron chi connectivity index (χ2n) is 3.83. The molecule has 0 aliphatic heterocycles. The van der Waals surface area contributed by atoms with Crippen molar-refractivity contribution >= 4 is 12.1 Å². The smallest absolute Gasteiger partial charge is 0.167 e. The molecule has 84 valence electrons. The van der Waals surface area contributed by atoms with Crippen molar-refractivity contribution in [2.45, 2.75) is 6.42 Å². The molecule has 0 unspecified atom stereocenters. The van der Waals surface area contributed by atoms with Gasteiger partial charge >= 0.3 is 0 Å². The van der Waals surface area contributed by atoms with E-state index in [9.17, 15) is 9.59 Å². The van der Waals surface area contributed by atoms with Gasteiger partial charge in [-0.25, -0.2) is 0 Å². The van der Waals surface area contributed by atoms with E-state index in [1.54, 1.807) is 24.3 Å². The summed E-state index contributed by atoms with van der Waals surface area (Å²) in [6.07, 6.45) is 1.11. The molecular formula is C15H12O2. The Labute approximate surface area is 99.9 Å². The quantitative estimate of drug-likeness (QED) is 0.591. The van der Waals surface area contributed by atoms with Gasteiger partial charge in [0.15, 0.2) is 5.78 Å². The van der Waals surface area contributed by atoms with Crippen molar-refractivity contribution in [2.75, 3.05) is 0 Å². The normalized spacial score (nSPS) is 9.88. The van der Waals surface area contributed by atoms with E-state index in [1.807, 2.05) is 30.3 Å². The van der Waals surface area contributed by atoms with Gasteiger partial charge in [-0.15, -0.1) is 0 Å². The minimum atomic E-state index is 0.0277. The topological polar surface area (TPSA) is 34.1 Å². The summed E-state index contributed by atoms with van der Waals surface area (Å²) < 4.78 is 0. The lowest BCUT2D eigenvalue weighted by molar-refractivity contribution is 0.0993. The number of benzene rings is 2. The summed E-state index contributed by atoms with van der Waals surface area (Å²) in [5, 5.41) is 0. The molecule has 2 rings (SSSR count).